The van der Waals surface area contributed by atoms with Gasteiger partial charge in [0.2, 0.25) is 0 Å². The molecule has 1 unspecified atom stereocenters. The molecule has 0 aromatic rings. The van der Waals surface area contributed by atoms with Crippen LogP contribution in [0.3, 0.4) is 0 Å². The Morgan fingerprint density at radius 2 is 1.57 bits per heavy atom. The van der Waals surface area contributed by atoms with E-state index in [1.807, 2.05) is 0 Å². The Balaban J connectivity index is -0.0000000406. The topological polar surface area (TPSA) is 37.3 Å². The van der Waals surface area contributed by atoms with Crippen LogP contribution < -0.4 is 0 Å². The molecule has 0 amide bonds. The van der Waals surface area contributed by atoms with Gasteiger partial charge in [-0.2, -0.15) is 11.1 Å². The van der Waals surface area contributed by atoms with Gasteiger partial charge in [-0.1, -0.05) is 46.4 Å². The van der Waals surface area contributed by atoms with E-state index in [1.54, 1.807) is 7.63 Å². The standard InChI is InChI=1S/C9H13.C2H5O.C2H7Si.CH3.2ClH.O.H2Si.Ti/c1-6-5-7(2)9(4)8(6)3;1-2-3;1-3-2;;;;;;/h6H,1-4H3;3H,1-2H2;3H,1-2H3;1H3;2*1H;;1H2;/q2*-1;;-1;;;;;. The van der Waals surface area contributed by atoms with Crippen LogP contribution in [0.15, 0.2) is 16.7 Å². The van der Waals surface area contributed by atoms with Gasteiger partial charge in [0.1, 0.15) is 0 Å². The van der Waals surface area contributed by atoms with E-state index in [0.29, 0.717) is 5.92 Å². The van der Waals surface area contributed by atoms with Crippen molar-refractivity contribution in [2.24, 2.45) is 5.92 Å². The van der Waals surface area contributed by atoms with E-state index >= 15 is 0 Å². The number of allylic oxidation sites excluding steroid dienone is 4. The van der Waals surface area contributed by atoms with Gasteiger partial charge in [0.15, 0.2) is 0 Å². The monoisotopic (exact) mass is 406 g/mol. The van der Waals surface area contributed by atoms with E-state index in [0.717, 1.165) is 9.52 Å². The van der Waals surface area contributed by atoms with Gasteiger partial charge < -0.3 is 19.5 Å². The molecule has 1 aliphatic carbocycles. The predicted octanol–water partition coefficient (Wildman–Crippen LogP) is 3.31. The summed E-state index contributed by atoms with van der Waals surface area (Å²) in [5, 5.41) is 7.46. The zero-order valence-electron chi connectivity index (χ0n) is 14.4. The number of aliphatic hydroxyl groups excluding tert-OH is 1. The van der Waals surface area contributed by atoms with Gasteiger partial charge in [0.05, 0.1) is 0 Å². The molecule has 129 valence electrons. The maximum atomic E-state index is 9.07. The third-order valence-corrected chi connectivity index (χ3v) is 2.24. The molecule has 1 atom stereocenters. The molecule has 0 bridgehead atoms. The van der Waals surface area contributed by atoms with Gasteiger partial charge in [-0.15, -0.1) is 31.7 Å². The van der Waals surface area contributed by atoms with Crippen molar-refractivity contribution >= 4 is 42.0 Å². The van der Waals surface area contributed by atoms with E-state index in [9.17, 15) is 0 Å². The zero-order chi connectivity index (χ0) is 15.1. The van der Waals surface area contributed by atoms with Gasteiger partial charge in [-0.25, -0.2) is 5.57 Å². The van der Waals surface area contributed by atoms with Crippen LogP contribution in [0.4, 0.5) is 0 Å². The summed E-state index contributed by atoms with van der Waals surface area (Å²) in [4.78, 5) is 0. The number of rotatable bonds is 0. The summed E-state index contributed by atoms with van der Waals surface area (Å²) >= 11 is -0.722. The van der Waals surface area contributed by atoms with Gasteiger partial charge in [0, 0.05) is 9.52 Å². The van der Waals surface area contributed by atoms with Crippen molar-refractivity contribution in [2.45, 2.75) is 40.8 Å². The van der Waals surface area contributed by atoms with Gasteiger partial charge >= 0.3 is 28.8 Å². The van der Waals surface area contributed by atoms with Gasteiger partial charge in [0.25, 0.3) is 0 Å². The molecular weight excluding hydrogens is 375 g/mol. The molecule has 1 radical (unpaired) electrons. The first-order valence-electron chi connectivity index (χ1n) is 5.93. The predicted molar refractivity (Wildman–Crippen MR) is 101 cm³/mol. The number of hydrogen-bond acceptors (Lipinski definition) is 2. The van der Waals surface area contributed by atoms with Crippen LogP contribution in [-0.4, -0.2) is 28.9 Å². The molecule has 0 aliphatic heterocycles. The second kappa shape index (κ2) is 29.0. The van der Waals surface area contributed by atoms with Crippen LogP contribution in [-0.2, 0) is 21.2 Å². The minimum absolute atomic E-state index is 0. The SMILES string of the molecule is CC1=[C-]C(C)C(C)=C1C.C[SiH]C.Cl.Cl.[CH2-]CO.[CH3-].[O]=[Ti]=[SiH2]. The van der Waals surface area contributed by atoms with Crippen LogP contribution in [0.2, 0.25) is 13.1 Å². The molecule has 1 aliphatic rings. The molecular formula is C14H32Cl2O2Si2Ti-3. The van der Waals surface area contributed by atoms with Gasteiger partial charge in [-0.05, 0) is 0 Å². The third kappa shape index (κ3) is 26.2. The van der Waals surface area contributed by atoms with Crippen molar-refractivity contribution in [2.75, 3.05) is 6.61 Å². The first kappa shape index (κ1) is 37.9. The van der Waals surface area contributed by atoms with Crippen molar-refractivity contribution in [3.63, 3.8) is 0 Å². The minimum atomic E-state index is -0.722. The summed E-state index contributed by atoms with van der Waals surface area (Å²) in [6, 6.07) is 0. The van der Waals surface area contributed by atoms with Crippen molar-refractivity contribution in [3.05, 3.63) is 37.1 Å². The van der Waals surface area contributed by atoms with Crippen LogP contribution in [0.1, 0.15) is 27.7 Å². The molecule has 1 N–H and O–H groups in total. The van der Waals surface area contributed by atoms with Crippen molar-refractivity contribution < 1.29 is 26.3 Å². The molecule has 0 heterocycles. The zero-order valence-corrected chi connectivity index (χ0v) is 20.2. The quantitative estimate of drug-likeness (QED) is 0.494. The molecule has 0 aromatic carbocycles. The number of halogens is 2. The van der Waals surface area contributed by atoms with Crippen molar-refractivity contribution in [1.29, 1.82) is 0 Å². The van der Waals surface area contributed by atoms with Crippen LogP contribution in [0.25, 0.3) is 0 Å². The molecule has 7 heteroatoms. The number of hydrogen-bond donors (Lipinski definition) is 1. The van der Waals surface area contributed by atoms with E-state index in [-0.39, 0.29) is 38.8 Å². The summed E-state index contributed by atoms with van der Waals surface area (Å²) in [6.07, 6.45) is 3.36. The van der Waals surface area contributed by atoms with Crippen molar-refractivity contribution in [3.8, 4) is 0 Å². The summed E-state index contributed by atoms with van der Waals surface area (Å²) in [5.74, 6) is 0.560. The molecule has 1 rings (SSSR count). The first-order chi connectivity index (χ1) is 8.37. The van der Waals surface area contributed by atoms with Crippen LogP contribution >= 0.6 is 24.8 Å². The Bertz CT molecular complexity index is 301. The fourth-order valence-electron chi connectivity index (χ4n) is 1.16. The molecule has 21 heavy (non-hydrogen) atoms. The normalized spacial score (nSPS) is 13.7. The van der Waals surface area contributed by atoms with Crippen LogP contribution in [0.5, 0.6) is 0 Å². The molecule has 0 aromatic heterocycles. The van der Waals surface area contributed by atoms with Crippen molar-refractivity contribution in [1.82, 2.24) is 0 Å². The summed E-state index contributed by atoms with van der Waals surface area (Å²) in [7, 11) is 2.29. The summed E-state index contributed by atoms with van der Waals surface area (Å²) < 4.78 is 9.07. The maximum absolute atomic E-state index is 9.07. The molecule has 0 saturated heterocycles. The van der Waals surface area contributed by atoms with E-state index in [4.69, 9.17) is 8.43 Å². The molecule has 2 nitrogen and oxygen atoms in total. The van der Waals surface area contributed by atoms with E-state index < -0.39 is 17.9 Å². The molecule has 0 spiro atoms. The average molecular weight is 407 g/mol. The Morgan fingerprint density at radius 3 is 1.62 bits per heavy atom. The Kier molecular flexibility index (Phi) is 52.4. The Morgan fingerprint density at radius 1 is 1.33 bits per heavy atom. The third-order valence-electron chi connectivity index (χ3n) is 2.24. The molecule has 0 fully saturated rings. The Hall–Kier alpha value is 0.968. The van der Waals surface area contributed by atoms with Gasteiger partial charge in [-0.3, -0.25) is 6.08 Å². The molecule has 0 saturated carbocycles. The first-order valence-corrected chi connectivity index (χ1v) is 12.9. The summed E-state index contributed by atoms with van der Waals surface area (Å²) in [6.45, 7) is 16.1. The second-order valence-corrected chi connectivity index (χ2v) is 6.54. The van der Waals surface area contributed by atoms with E-state index in [1.165, 1.54) is 16.7 Å². The van der Waals surface area contributed by atoms with Crippen LogP contribution in [0, 0.1) is 26.3 Å². The number of aliphatic hydroxyl groups is 1. The fraction of sp³-hybridized carbons (Fsp3) is 0.571. The van der Waals surface area contributed by atoms with E-state index in [2.05, 4.69) is 53.8 Å². The summed E-state index contributed by atoms with van der Waals surface area (Å²) in [5.41, 5.74) is 4.25. The fourth-order valence-corrected chi connectivity index (χ4v) is 1.16. The Labute approximate surface area is 158 Å². The second-order valence-electron chi connectivity index (χ2n) is 3.74. The average Bonchev–Trinajstić information content (AvgIpc) is 2.49.